The zero-order chi connectivity index (χ0) is 19.2. The van der Waals surface area contributed by atoms with Crippen LogP contribution in [0.3, 0.4) is 0 Å². The van der Waals surface area contributed by atoms with Gasteiger partial charge in [0.15, 0.2) is 11.5 Å². The van der Waals surface area contributed by atoms with E-state index in [0.717, 1.165) is 27.8 Å². The zero-order valence-corrected chi connectivity index (χ0v) is 16.0. The molecule has 2 aromatic carbocycles. The maximum absolute atomic E-state index is 12.5. The summed E-state index contributed by atoms with van der Waals surface area (Å²) in [7, 11) is 0. The zero-order valence-electron chi connectivity index (χ0n) is 16.0. The van der Waals surface area contributed by atoms with Crippen molar-refractivity contribution in [1.29, 1.82) is 0 Å². The Morgan fingerprint density at radius 1 is 1.07 bits per heavy atom. The van der Waals surface area contributed by atoms with E-state index in [0.29, 0.717) is 25.4 Å². The molecule has 0 fully saturated rings. The molecule has 5 nitrogen and oxygen atoms in total. The molecule has 3 aromatic rings. The number of carbonyl (C=O) groups is 1. The van der Waals surface area contributed by atoms with Crippen molar-refractivity contribution < 1.29 is 14.3 Å². The number of rotatable bonds is 8. The second kappa shape index (κ2) is 8.62. The molecule has 0 spiro atoms. The summed E-state index contributed by atoms with van der Waals surface area (Å²) < 4.78 is 11.3. The van der Waals surface area contributed by atoms with Gasteiger partial charge in [-0.05, 0) is 50.1 Å². The fourth-order valence-corrected chi connectivity index (χ4v) is 3.16. The average molecular weight is 366 g/mol. The highest BCUT2D eigenvalue weighted by molar-refractivity contribution is 5.89. The quantitative estimate of drug-likeness (QED) is 0.622. The van der Waals surface area contributed by atoms with Crippen molar-refractivity contribution in [3.05, 3.63) is 59.8 Å². The molecule has 27 heavy (non-hydrogen) atoms. The molecule has 2 N–H and O–H groups in total. The van der Waals surface area contributed by atoms with E-state index in [1.165, 1.54) is 0 Å². The number of ether oxygens (including phenoxy) is 2. The van der Waals surface area contributed by atoms with Crippen molar-refractivity contribution in [3.63, 3.8) is 0 Å². The minimum atomic E-state index is -0.127. The lowest BCUT2D eigenvalue weighted by atomic mass is 10.1. The number of carbonyl (C=O) groups excluding carboxylic acids is 1. The molecule has 0 aliphatic rings. The standard InChI is InChI=1S/C22H26N2O3/c1-4-26-20-11-10-16(12-21(20)27-5-2)15(3)24-22(25)13-17-14-23-19-9-7-6-8-18(17)19/h6-12,14-15,23H,4-5,13H2,1-3H3,(H,24,25)/t15-/m0/s1. The Morgan fingerprint density at radius 3 is 2.59 bits per heavy atom. The Kier molecular flexibility index (Phi) is 6.01. The summed E-state index contributed by atoms with van der Waals surface area (Å²) in [4.78, 5) is 15.7. The summed E-state index contributed by atoms with van der Waals surface area (Å²) in [6, 6.07) is 13.7. The number of nitrogens with one attached hydrogen (secondary N) is 2. The second-order valence-electron chi connectivity index (χ2n) is 6.40. The average Bonchev–Trinajstić information content (AvgIpc) is 3.06. The summed E-state index contributed by atoms with van der Waals surface area (Å²) in [5.74, 6) is 1.41. The topological polar surface area (TPSA) is 63.3 Å². The van der Waals surface area contributed by atoms with Crippen LogP contribution in [0.2, 0.25) is 0 Å². The van der Waals surface area contributed by atoms with E-state index in [2.05, 4.69) is 10.3 Å². The van der Waals surface area contributed by atoms with Gasteiger partial charge in [-0.2, -0.15) is 0 Å². The van der Waals surface area contributed by atoms with Crippen molar-refractivity contribution >= 4 is 16.8 Å². The first-order valence-corrected chi connectivity index (χ1v) is 9.36. The SMILES string of the molecule is CCOc1ccc([C@H](C)NC(=O)Cc2c[nH]c3ccccc23)cc1OCC. The molecule has 0 saturated carbocycles. The van der Waals surface area contributed by atoms with Crippen LogP contribution in [0.25, 0.3) is 10.9 Å². The second-order valence-corrected chi connectivity index (χ2v) is 6.40. The predicted octanol–water partition coefficient (Wildman–Crippen LogP) is 4.39. The first-order chi connectivity index (χ1) is 13.1. The molecule has 0 saturated heterocycles. The van der Waals surface area contributed by atoms with Gasteiger partial charge in [-0.1, -0.05) is 24.3 Å². The monoisotopic (exact) mass is 366 g/mol. The minimum absolute atomic E-state index is 0.0147. The third-order valence-electron chi connectivity index (χ3n) is 4.47. The molecule has 142 valence electrons. The number of hydrogen-bond acceptors (Lipinski definition) is 3. The molecule has 0 bridgehead atoms. The third kappa shape index (κ3) is 4.42. The van der Waals surface area contributed by atoms with Crippen LogP contribution in [0, 0.1) is 0 Å². The molecule has 0 unspecified atom stereocenters. The van der Waals surface area contributed by atoms with Crippen LogP contribution in [0.4, 0.5) is 0 Å². The summed E-state index contributed by atoms with van der Waals surface area (Å²) in [5, 5.41) is 4.15. The third-order valence-corrected chi connectivity index (χ3v) is 4.47. The fourth-order valence-electron chi connectivity index (χ4n) is 3.16. The van der Waals surface area contributed by atoms with E-state index < -0.39 is 0 Å². The van der Waals surface area contributed by atoms with E-state index in [1.807, 2.05) is 69.4 Å². The highest BCUT2D eigenvalue weighted by atomic mass is 16.5. The van der Waals surface area contributed by atoms with Crippen molar-refractivity contribution in [2.45, 2.75) is 33.2 Å². The Morgan fingerprint density at radius 2 is 1.81 bits per heavy atom. The molecule has 0 aliphatic carbocycles. The van der Waals surface area contributed by atoms with Crippen molar-refractivity contribution in [3.8, 4) is 11.5 Å². The molecule has 0 aliphatic heterocycles. The summed E-state index contributed by atoms with van der Waals surface area (Å²) in [6.45, 7) is 6.99. The number of benzene rings is 2. The normalized spacial score (nSPS) is 12.0. The largest absolute Gasteiger partial charge is 0.490 e. The Hall–Kier alpha value is -2.95. The van der Waals surface area contributed by atoms with Crippen LogP contribution in [0.5, 0.6) is 11.5 Å². The van der Waals surface area contributed by atoms with E-state index in [4.69, 9.17) is 9.47 Å². The van der Waals surface area contributed by atoms with Gasteiger partial charge in [0.25, 0.3) is 0 Å². The smallest absolute Gasteiger partial charge is 0.224 e. The summed E-state index contributed by atoms with van der Waals surface area (Å²) in [5.41, 5.74) is 3.02. The molecule has 0 radical (unpaired) electrons. The lowest BCUT2D eigenvalue weighted by Gasteiger charge is -2.17. The Balaban J connectivity index is 1.69. The van der Waals surface area contributed by atoms with Gasteiger partial charge in [-0.3, -0.25) is 4.79 Å². The molecule has 1 amide bonds. The van der Waals surface area contributed by atoms with E-state index in [9.17, 15) is 4.79 Å². The predicted molar refractivity (Wildman–Crippen MR) is 107 cm³/mol. The van der Waals surface area contributed by atoms with Crippen LogP contribution >= 0.6 is 0 Å². The molecule has 5 heteroatoms. The van der Waals surface area contributed by atoms with Crippen molar-refractivity contribution in [1.82, 2.24) is 10.3 Å². The van der Waals surface area contributed by atoms with Crippen LogP contribution in [0.1, 0.15) is 37.9 Å². The number of H-pyrrole nitrogens is 1. The molecular formula is C22H26N2O3. The number of aromatic amines is 1. The van der Waals surface area contributed by atoms with E-state index in [-0.39, 0.29) is 11.9 Å². The Labute approximate surface area is 159 Å². The maximum atomic E-state index is 12.5. The van der Waals surface area contributed by atoms with Gasteiger partial charge in [0.1, 0.15) is 0 Å². The van der Waals surface area contributed by atoms with Gasteiger partial charge in [-0.15, -0.1) is 0 Å². The number of amides is 1. The molecule has 3 rings (SSSR count). The highest BCUT2D eigenvalue weighted by Gasteiger charge is 2.15. The van der Waals surface area contributed by atoms with E-state index >= 15 is 0 Å². The van der Waals surface area contributed by atoms with Gasteiger partial charge in [0.2, 0.25) is 5.91 Å². The number of para-hydroxylation sites is 1. The lowest BCUT2D eigenvalue weighted by molar-refractivity contribution is -0.121. The van der Waals surface area contributed by atoms with Crippen molar-refractivity contribution in [2.24, 2.45) is 0 Å². The van der Waals surface area contributed by atoms with Gasteiger partial charge < -0.3 is 19.8 Å². The molecular weight excluding hydrogens is 340 g/mol. The number of fused-ring (bicyclic) bond motifs is 1. The van der Waals surface area contributed by atoms with Gasteiger partial charge in [-0.25, -0.2) is 0 Å². The van der Waals surface area contributed by atoms with Gasteiger partial charge in [0.05, 0.1) is 25.7 Å². The van der Waals surface area contributed by atoms with Gasteiger partial charge in [0, 0.05) is 17.1 Å². The summed E-state index contributed by atoms with van der Waals surface area (Å²) >= 11 is 0. The number of aromatic nitrogens is 1. The molecule has 1 aromatic heterocycles. The van der Waals surface area contributed by atoms with Gasteiger partial charge >= 0.3 is 0 Å². The first-order valence-electron chi connectivity index (χ1n) is 9.36. The van der Waals surface area contributed by atoms with Crippen LogP contribution in [0.15, 0.2) is 48.7 Å². The Bertz CT molecular complexity index is 917. The van der Waals surface area contributed by atoms with Crippen LogP contribution in [-0.4, -0.2) is 24.1 Å². The maximum Gasteiger partial charge on any atom is 0.224 e. The molecule has 1 heterocycles. The highest BCUT2D eigenvalue weighted by Crippen LogP contribution is 2.30. The first kappa shape index (κ1) is 18.8. The lowest BCUT2D eigenvalue weighted by Crippen LogP contribution is -2.28. The van der Waals surface area contributed by atoms with Crippen LogP contribution in [-0.2, 0) is 11.2 Å². The number of hydrogen-bond donors (Lipinski definition) is 2. The summed E-state index contributed by atoms with van der Waals surface area (Å²) in [6.07, 6.45) is 2.24. The molecule has 1 atom stereocenters. The minimum Gasteiger partial charge on any atom is -0.490 e. The van der Waals surface area contributed by atoms with E-state index in [1.54, 1.807) is 0 Å². The van der Waals surface area contributed by atoms with Crippen LogP contribution < -0.4 is 14.8 Å². The fraction of sp³-hybridized carbons (Fsp3) is 0.318. The van der Waals surface area contributed by atoms with Crippen molar-refractivity contribution in [2.75, 3.05) is 13.2 Å².